The van der Waals surface area contributed by atoms with Gasteiger partial charge < -0.3 is 19.8 Å². The Balaban J connectivity index is 1.09. The van der Waals surface area contributed by atoms with Gasteiger partial charge in [-0.2, -0.15) is 0 Å². The molecule has 2 bridgehead atoms. The zero-order chi connectivity index (χ0) is 39.3. The highest BCUT2D eigenvalue weighted by atomic mass is 32.1. The van der Waals surface area contributed by atoms with Gasteiger partial charge in [0.15, 0.2) is 5.78 Å². The van der Waals surface area contributed by atoms with Gasteiger partial charge in [0.25, 0.3) is 0 Å². The van der Waals surface area contributed by atoms with Crippen LogP contribution in [0.5, 0.6) is 0 Å². The predicted octanol–water partition coefficient (Wildman–Crippen LogP) is 10.8. The summed E-state index contributed by atoms with van der Waals surface area (Å²) in [5, 5.41) is 25.5. The molecule has 2 spiro atoms. The van der Waals surface area contributed by atoms with Crippen molar-refractivity contribution in [2.75, 3.05) is 6.54 Å². The highest BCUT2D eigenvalue weighted by Gasteiger charge is 2.74. The molecule has 1 unspecified atom stereocenters. The molecule has 7 heteroatoms. The second kappa shape index (κ2) is 13.7. The summed E-state index contributed by atoms with van der Waals surface area (Å²) < 4.78 is 7.63. The first-order valence-electron chi connectivity index (χ1n) is 21.6. The van der Waals surface area contributed by atoms with Crippen LogP contribution in [0.4, 0.5) is 4.79 Å². The van der Waals surface area contributed by atoms with Gasteiger partial charge in [-0.25, -0.2) is 4.79 Å². The highest BCUT2D eigenvalue weighted by Crippen LogP contribution is 2.78. The molecule has 0 aliphatic heterocycles. The van der Waals surface area contributed by atoms with Gasteiger partial charge in [-0.1, -0.05) is 108 Å². The maximum atomic E-state index is 15.2. The molecule has 56 heavy (non-hydrogen) atoms. The van der Waals surface area contributed by atoms with Crippen LogP contribution < -0.4 is 0 Å². The van der Waals surface area contributed by atoms with E-state index in [1.807, 2.05) is 42.5 Å². The number of nitrogens with zero attached hydrogens (tertiary/aromatic N) is 1. The first-order chi connectivity index (χ1) is 26.7. The van der Waals surface area contributed by atoms with Gasteiger partial charge in [0.05, 0.1) is 23.1 Å². The lowest BCUT2D eigenvalue weighted by molar-refractivity contribution is -0.175. The number of amides is 1. The van der Waals surface area contributed by atoms with E-state index in [9.17, 15) is 15.0 Å². The van der Waals surface area contributed by atoms with E-state index in [0.29, 0.717) is 37.1 Å². The minimum atomic E-state index is -1.18. The van der Waals surface area contributed by atoms with E-state index in [-0.39, 0.29) is 47.2 Å². The molecule has 298 valence electrons. The molecule has 1 aromatic heterocycles. The number of ketones is 1. The number of fused-ring (bicyclic) bond motifs is 2. The van der Waals surface area contributed by atoms with E-state index in [4.69, 9.17) is 4.74 Å². The highest BCUT2D eigenvalue weighted by molar-refractivity contribution is 7.21. The number of thiophene rings is 1. The van der Waals surface area contributed by atoms with Gasteiger partial charge in [-0.3, -0.25) is 4.79 Å². The summed E-state index contributed by atoms with van der Waals surface area (Å²) >= 11 is 1.57. The van der Waals surface area contributed by atoms with E-state index < -0.39 is 22.5 Å². The number of rotatable bonds is 8. The minimum absolute atomic E-state index is 0.000615. The number of carbonyl (C=O) groups excluding carboxylic acids is 2. The number of hydrogen-bond donors (Lipinski definition) is 2. The zero-order valence-corrected chi connectivity index (χ0v) is 34.8. The van der Waals surface area contributed by atoms with Crippen LogP contribution in [0, 0.1) is 51.2 Å². The van der Waals surface area contributed by atoms with Crippen LogP contribution in [-0.2, 0) is 11.3 Å². The van der Waals surface area contributed by atoms with Crippen LogP contribution in [0.1, 0.15) is 114 Å². The lowest BCUT2D eigenvalue weighted by atomic mass is 9.32. The topological polar surface area (TPSA) is 87.1 Å². The van der Waals surface area contributed by atoms with Crippen molar-refractivity contribution in [1.82, 2.24) is 4.90 Å². The summed E-state index contributed by atoms with van der Waals surface area (Å²) in [4.78, 5) is 32.3. The fraction of sp³-hybridized carbons (Fsp3) is 0.592. The Kier molecular flexibility index (Phi) is 9.34. The largest absolute Gasteiger partial charge is 0.446 e. The van der Waals surface area contributed by atoms with Gasteiger partial charge in [-0.05, 0) is 116 Å². The third kappa shape index (κ3) is 5.67. The molecule has 6 nitrogen and oxygen atoms in total. The summed E-state index contributed by atoms with van der Waals surface area (Å²) in [5.74, 6) is 1.54. The van der Waals surface area contributed by atoms with E-state index in [2.05, 4.69) is 71.0 Å². The van der Waals surface area contributed by atoms with Crippen LogP contribution in [-0.4, -0.2) is 51.3 Å². The minimum Gasteiger partial charge on any atom is -0.446 e. The van der Waals surface area contributed by atoms with E-state index in [1.54, 1.807) is 16.2 Å². The van der Waals surface area contributed by atoms with E-state index >= 15 is 4.79 Å². The number of ether oxygens (including phenoxy) is 1. The Hall–Kier alpha value is -3.26. The number of aliphatic hydroxyl groups is 2. The van der Waals surface area contributed by atoms with Gasteiger partial charge in [0, 0.05) is 33.1 Å². The Morgan fingerprint density at radius 3 is 2.39 bits per heavy atom. The monoisotopic (exact) mass is 775 g/mol. The summed E-state index contributed by atoms with van der Waals surface area (Å²) in [7, 11) is 0. The van der Waals surface area contributed by atoms with Crippen LogP contribution >= 0.6 is 11.3 Å². The van der Waals surface area contributed by atoms with Crippen molar-refractivity contribution in [3.63, 3.8) is 0 Å². The molecule has 1 heterocycles. The molecular weight excluding hydrogens is 715 g/mol. The number of benzene rings is 2. The molecule has 0 saturated heterocycles. The lowest BCUT2D eigenvalue weighted by Gasteiger charge is -2.71. The van der Waals surface area contributed by atoms with E-state index in [1.165, 1.54) is 0 Å². The van der Waals surface area contributed by atoms with Crippen molar-refractivity contribution < 1.29 is 24.5 Å². The second-order valence-electron chi connectivity index (χ2n) is 19.9. The number of aliphatic hydroxyl groups excluding tert-OH is 1. The fourth-order valence-corrected chi connectivity index (χ4v) is 14.6. The Morgan fingerprint density at radius 1 is 0.911 bits per heavy atom. The third-order valence-corrected chi connectivity index (χ3v) is 17.9. The molecule has 7 aliphatic rings. The zero-order valence-electron chi connectivity index (χ0n) is 34.0. The van der Waals surface area contributed by atoms with Gasteiger partial charge in [-0.15, -0.1) is 11.3 Å². The Labute approximate surface area is 337 Å². The molecular formula is C49H61NO5S. The number of carbonyl (C=O) groups is 2. The second-order valence-corrected chi connectivity index (χ2v) is 21.0. The van der Waals surface area contributed by atoms with Crippen LogP contribution in [0.2, 0.25) is 0 Å². The smallest absolute Gasteiger partial charge is 0.410 e. The maximum Gasteiger partial charge on any atom is 0.410 e. The molecule has 2 aromatic carbocycles. The maximum absolute atomic E-state index is 15.2. The summed E-state index contributed by atoms with van der Waals surface area (Å²) in [6.07, 6.45) is 14.6. The van der Waals surface area contributed by atoms with Gasteiger partial charge >= 0.3 is 6.09 Å². The van der Waals surface area contributed by atoms with Crippen molar-refractivity contribution >= 4 is 33.3 Å². The number of hydrogen-bond acceptors (Lipinski definition) is 6. The van der Waals surface area contributed by atoms with Crippen molar-refractivity contribution in [2.24, 2.45) is 51.2 Å². The first-order valence-corrected chi connectivity index (χ1v) is 22.4. The summed E-state index contributed by atoms with van der Waals surface area (Å²) in [5.41, 5.74) is -0.922. The Morgan fingerprint density at radius 2 is 1.62 bits per heavy atom. The standard InChI is InChI=1S/C49H61NO5S/c1-31(2)36-16-15-32(3)25-38(36)55-44(53)50(29-33-11-7-6-8-12-33)30-48(54)22-19-42-46(48,5)21-18-41-45(4)20-17-35(51)27-47(45)23-24-49(41,42)37(28-47)43(52)40-26-34-13-9-10-14-39(34)56-40/h6-14,23-24,26,28,31-32,35-36,38,41-42,51,54H,15-22,25,27,29-30H2,1-5H3/t32-,35?,36+,38-,41+,42+,45+,46-,47-,48+,49+/m0/s1. The molecule has 4 fully saturated rings. The number of allylic oxidation sites excluding steroid dienone is 4. The van der Waals surface area contributed by atoms with Crippen molar-refractivity contribution in [3.05, 3.63) is 94.9 Å². The number of Topliss-reactive ketones (excluding diaryl/α,β-unsaturated/α-hetero) is 1. The van der Waals surface area contributed by atoms with Crippen molar-refractivity contribution in [3.8, 4) is 0 Å². The molecule has 11 atom stereocenters. The van der Waals surface area contributed by atoms with Crippen molar-refractivity contribution in [2.45, 2.75) is 123 Å². The molecule has 0 radical (unpaired) electrons. The normalized spacial score (nSPS) is 39.8. The van der Waals surface area contributed by atoms with Crippen LogP contribution in [0.25, 0.3) is 10.1 Å². The summed E-state index contributed by atoms with van der Waals surface area (Å²) in [6, 6.07) is 20.4. The van der Waals surface area contributed by atoms with Crippen LogP contribution in [0.3, 0.4) is 0 Å². The van der Waals surface area contributed by atoms with Gasteiger partial charge in [0.2, 0.25) is 0 Å². The average Bonchev–Trinajstić information content (AvgIpc) is 3.73. The van der Waals surface area contributed by atoms with Crippen LogP contribution in [0.15, 0.2) is 84.5 Å². The lowest BCUT2D eigenvalue weighted by Crippen LogP contribution is -2.67. The molecule has 1 amide bonds. The van der Waals surface area contributed by atoms with E-state index in [0.717, 1.165) is 77.5 Å². The quantitative estimate of drug-likeness (QED) is 0.176. The summed E-state index contributed by atoms with van der Waals surface area (Å²) in [6.45, 7) is 12.0. The Bertz CT molecular complexity index is 2040. The molecule has 2 N–H and O–H groups in total. The predicted molar refractivity (Wildman–Crippen MR) is 223 cm³/mol. The SMILES string of the molecule is CC(C)[C@H]1CC[C@H](C)C[C@@H]1OC(=O)N(Cc1ccccc1)C[C@]1(O)CC[C@H]2[C@]34C=C[C@@]5(C=C3C(=O)c3cc6ccccc6s3)CC(O)CC[C@]5(C)[C@H]4CC[C@@]21C. The average molecular weight is 776 g/mol. The molecule has 3 aromatic rings. The van der Waals surface area contributed by atoms with Crippen molar-refractivity contribution in [1.29, 1.82) is 0 Å². The molecule has 7 aliphatic carbocycles. The first kappa shape index (κ1) is 38.3. The molecule has 10 rings (SSSR count). The molecule has 4 saturated carbocycles. The van der Waals surface area contributed by atoms with Gasteiger partial charge in [0.1, 0.15) is 6.10 Å². The third-order valence-electron chi connectivity index (χ3n) is 16.7. The fourth-order valence-electron chi connectivity index (χ4n) is 13.6.